The highest BCUT2D eigenvalue weighted by Gasteiger charge is 2.54. The van der Waals surface area contributed by atoms with Crippen molar-refractivity contribution in [2.75, 3.05) is 18.6 Å². The first kappa shape index (κ1) is 28.0. The van der Waals surface area contributed by atoms with Gasteiger partial charge in [0.2, 0.25) is 6.29 Å². The number of esters is 1. The predicted octanol–water partition coefficient (Wildman–Crippen LogP) is 1.76. The number of oxime groups is 1. The molecule has 37 heavy (non-hydrogen) atoms. The Kier molecular flexibility index (Phi) is 9.15. The Labute approximate surface area is 221 Å². The van der Waals surface area contributed by atoms with Crippen LogP contribution in [0.15, 0.2) is 34.5 Å². The van der Waals surface area contributed by atoms with Crippen molar-refractivity contribution in [1.29, 1.82) is 0 Å². The first-order valence-electron chi connectivity index (χ1n) is 11.1. The van der Waals surface area contributed by atoms with E-state index >= 15 is 0 Å². The van der Waals surface area contributed by atoms with Gasteiger partial charge in [-0.25, -0.2) is 14.6 Å². The fraction of sp³-hybridized carbons (Fsp3) is 0.455. The van der Waals surface area contributed by atoms with Gasteiger partial charge >= 0.3 is 12.1 Å². The Morgan fingerprint density at radius 1 is 1.32 bits per heavy atom. The number of carbonyl (C=O) groups excluding carboxylic acids is 4. The molecule has 1 unspecified atom stereocenters. The molecule has 0 saturated carbocycles. The van der Waals surface area contributed by atoms with Gasteiger partial charge in [0, 0.05) is 18.1 Å². The van der Waals surface area contributed by atoms with Crippen LogP contribution in [0.25, 0.3) is 0 Å². The number of thioether (sulfide) groups is 1. The first-order valence-corrected chi connectivity index (χ1v) is 13.0. The quantitative estimate of drug-likeness (QED) is 0.108. The Balaban J connectivity index is 1.74. The number of aromatic nitrogens is 1. The van der Waals surface area contributed by atoms with Crippen molar-refractivity contribution < 1.29 is 38.2 Å². The summed E-state index contributed by atoms with van der Waals surface area (Å²) in [6.45, 7) is 8.34. The number of fused-ring (bicyclic) bond motifs is 1. The number of hydrogen-bond donors (Lipinski definition) is 2. The van der Waals surface area contributed by atoms with Gasteiger partial charge in [0.25, 0.3) is 11.8 Å². The number of hydrogen-bond acceptors (Lipinski definition) is 13. The van der Waals surface area contributed by atoms with E-state index < -0.39 is 47.7 Å². The molecule has 1 aromatic rings. The third-order valence-electron chi connectivity index (χ3n) is 4.95. The molecule has 2 amide bonds. The number of β-lactam (4-membered cyclic amide) rings is 1. The van der Waals surface area contributed by atoms with Gasteiger partial charge < -0.3 is 30.1 Å². The minimum Gasteiger partial charge on any atom is -0.431 e. The van der Waals surface area contributed by atoms with Crippen LogP contribution in [-0.4, -0.2) is 76.2 Å². The third kappa shape index (κ3) is 6.40. The molecule has 3 N–H and O–H groups in total. The number of amides is 2. The normalized spacial score (nSPS) is 20.0. The zero-order valence-electron chi connectivity index (χ0n) is 20.6. The Morgan fingerprint density at radius 3 is 2.65 bits per heavy atom. The molecule has 200 valence electrons. The Bertz CT molecular complexity index is 1150. The molecular formula is C22H27N5O8S2. The summed E-state index contributed by atoms with van der Waals surface area (Å²) in [6.07, 6.45) is -0.757. The second-order valence-electron chi connectivity index (χ2n) is 8.01. The van der Waals surface area contributed by atoms with E-state index in [1.54, 1.807) is 19.9 Å². The molecule has 0 aromatic carbocycles. The van der Waals surface area contributed by atoms with Crippen molar-refractivity contribution >= 4 is 57.9 Å². The van der Waals surface area contributed by atoms with Crippen molar-refractivity contribution in [3.8, 4) is 0 Å². The van der Waals surface area contributed by atoms with E-state index in [-0.39, 0.29) is 22.2 Å². The number of nitrogens with one attached hydrogen (secondary N) is 1. The number of nitrogens with zero attached hydrogens (tertiary/aromatic N) is 3. The molecule has 1 fully saturated rings. The zero-order chi connectivity index (χ0) is 27.3. The molecule has 0 bridgehead atoms. The van der Waals surface area contributed by atoms with E-state index in [4.69, 9.17) is 24.8 Å². The Morgan fingerprint density at radius 2 is 2.05 bits per heavy atom. The second-order valence-corrected chi connectivity index (χ2v) is 10.0. The minimum absolute atomic E-state index is 0.0184. The van der Waals surface area contributed by atoms with Gasteiger partial charge in [-0.3, -0.25) is 14.5 Å². The molecule has 3 atom stereocenters. The fourth-order valence-electron chi connectivity index (χ4n) is 3.49. The number of rotatable bonds is 10. The van der Waals surface area contributed by atoms with Crippen molar-refractivity contribution in [3.63, 3.8) is 0 Å². The number of carbonyl (C=O) groups is 4. The molecule has 3 rings (SSSR count). The minimum atomic E-state index is -1.27. The smallest absolute Gasteiger partial charge is 0.431 e. The van der Waals surface area contributed by atoms with Gasteiger partial charge in [-0.05, 0) is 25.8 Å². The average molecular weight is 554 g/mol. The van der Waals surface area contributed by atoms with Crippen LogP contribution in [0.3, 0.4) is 0 Å². The lowest BCUT2D eigenvalue weighted by atomic mass is 10.0. The molecule has 1 saturated heterocycles. The molecule has 13 nitrogen and oxygen atoms in total. The number of thiazole rings is 1. The molecule has 2 aliphatic rings. The zero-order valence-corrected chi connectivity index (χ0v) is 22.2. The lowest BCUT2D eigenvalue weighted by Gasteiger charge is -2.49. The monoisotopic (exact) mass is 553 g/mol. The van der Waals surface area contributed by atoms with E-state index in [2.05, 4.69) is 22.0 Å². The second kappa shape index (κ2) is 12.1. The maximum Gasteiger partial charge on any atom is 0.511 e. The summed E-state index contributed by atoms with van der Waals surface area (Å²) in [5.41, 5.74) is 6.32. The largest absolute Gasteiger partial charge is 0.511 e. The van der Waals surface area contributed by atoms with Crippen molar-refractivity contribution in [3.05, 3.63) is 35.0 Å². The maximum absolute atomic E-state index is 13.1. The van der Waals surface area contributed by atoms with Crippen LogP contribution < -0.4 is 11.1 Å². The van der Waals surface area contributed by atoms with E-state index in [9.17, 15) is 19.2 Å². The molecule has 2 aliphatic heterocycles. The summed E-state index contributed by atoms with van der Waals surface area (Å²) in [6, 6.07) is -0.946. The van der Waals surface area contributed by atoms with E-state index in [1.165, 1.54) is 36.1 Å². The average Bonchev–Trinajstić information content (AvgIpc) is 3.25. The molecule has 0 aliphatic carbocycles. The first-order chi connectivity index (χ1) is 17.6. The van der Waals surface area contributed by atoms with Crippen molar-refractivity contribution in [2.24, 2.45) is 5.16 Å². The van der Waals surface area contributed by atoms with Gasteiger partial charge in [0.05, 0.1) is 6.10 Å². The molecule has 0 radical (unpaired) electrons. The summed E-state index contributed by atoms with van der Waals surface area (Å²) in [4.78, 5) is 60.9. The van der Waals surface area contributed by atoms with Crippen molar-refractivity contribution in [2.45, 2.75) is 51.0 Å². The van der Waals surface area contributed by atoms with Crippen LogP contribution >= 0.6 is 23.1 Å². The lowest BCUT2D eigenvalue weighted by Crippen LogP contribution is -2.71. The lowest BCUT2D eigenvalue weighted by molar-refractivity contribution is -0.169. The number of allylic oxidation sites excluding steroid dienone is 1. The highest BCUT2D eigenvalue weighted by atomic mass is 32.2. The maximum atomic E-state index is 13.1. The summed E-state index contributed by atoms with van der Waals surface area (Å²) in [5.74, 6) is -1.70. The highest BCUT2D eigenvalue weighted by molar-refractivity contribution is 8.00. The van der Waals surface area contributed by atoms with E-state index in [0.717, 1.165) is 11.3 Å². The van der Waals surface area contributed by atoms with Gasteiger partial charge in [-0.2, -0.15) is 0 Å². The standard InChI is InChI=1S/C22H27N5O8S2/c1-6-7-12-8-36-19-15(25-17(28)14(26-32-5)13-9-37-21(23)24-13)18(29)27(19)16(12)20(30)34-11(4)35-22(31)33-10(2)3/h6,9-11,15,19H,1,7-8H2,2-5H3,(H2,23,24)(H,25,28)/b26-14-/t11?,15-,19-/m1/s1. The molecule has 1 aromatic heterocycles. The number of anilines is 1. The fourth-order valence-corrected chi connectivity index (χ4v) is 5.40. The number of ether oxygens (including phenoxy) is 3. The predicted molar refractivity (Wildman–Crippen MR) is 135 cm³/mol. The summed E-state index contributed by atoms with van der Waals surface area (Å²) in [7, 11) is 1.27. The topological polar surface area (TPSA) is 172 Å². The van der Waals surface area contributed by atoms with Crippen LogP contribution in [0, 0.1) is 0 Å². The van der Waals surface area contributed by atoms with Gasteiger partial charge in [-0.1, -0.05) is 11.2 Å². The van der Waals surface area contributed by atoms with Gasteiger partial charge in [-0.15, -0.1) is 29.7 Å². The van der Waals surface area contributed by atoms with Gasteiger partial charge in [0.15, 0.2) is 10.8 Å². The molecular weight excluding hydrogens is 526 g/mol. The third-order valence-corrected chi connectivity index (χ3v) is 6.96. The molecule has 3 heterocycles. The molecule has 15 heteroatoms. The summed E-state index contributed by atoms with van der Waals surface area (Å²) >= 11 is 2.48. The van der Waals surface area contributed by atoms with E-state index in [1.807, 2.05) is 0 Å². The van der Waals surface area contributed by atoms with Crippen molar-refractivity contribution in [1.82, 2.24) is 15.2 Å². The van der Waals surface area contributed by atoms with E-state index in [0.29, 0.717) is 17.7 Å². The van der Waals surface area contributed by atoms with Crippen LogP contribution in [0.5, 0.6) is 0 Å². The number of nitrogen functional groups attached to an aromatic ring is 1. The highest BCUT2D eigenvalue weighted by Crippen LogP contribution is 2.41. The summed E-state index contributed by atoms with van der Waals surface area (Å²) in [5, 5.41) is 7.54. The van der Waals surface area contributed by atoms with Crippen LogP contribution in [0.1, 0.15) is 32.9 Å². The Hall–Kier alpha value is -3.59. The van der Waals surface area contributed by atoms with Crippen LogP contribution in [-0.2, 0) is 33.4 Å². The van der Waals surface area contributed by atoms with Crippen LogP contribution in [0.4, 0.5) is 9.93 Å². The van der Waals surface area contributed by atoms with Gasteiger partial charge in [0.1, 0.15) is 29.9 Å². The molecule has 0 spiro atoms. The summed E-state index contributed by atoms with van der Waals surface area (Å²) < 4.78 is 15.1. The number of nitrogens with two attached hydrogens (primary N) is 1. The van der Waals surface area contributed by atoms with Crippen LogP contribution in [0.2, 0.25) is 0 Å². The SMILES string of the molecule is C=CCC1=C(C(=O)OC(C)OC(=O)OC(C)C)N2C(=O)[C@@H](NC(=O)/C(=N\OC)c3csc(N)n3)[C@H]2SC1.